The van der Waals surface area contributed by atoms with Gasteiger partial charge >= 0.3 is 0 Å². The van der Waals surface area contributed by atoms with Crippen LogP contribution in [0.15, 0.2) is 28.2 Å². The second-order valence-corrected chi connectivity index (χ2v) is 5.96. The molecule has 6 nitrogen and oxygen atoms in total. The highest BCUT2D eigenvalue weighted by Crippen LogP contribution is 2.30. The summed E-state index contributed by atoms with van der Waals surface area (Å²) in [7, 11) is 0. The van der Waals surface area contributed by atoms with Crippen molar-refractivity contribution in [3.63, 3.8) is 0 Å². The maximum atomic E-state index is 6.02. The van der Waals surface area contributed by atoms with Gasteiger partial charge in [-0.25, -0.2) is 4.99 Å². The zero-order valence-corrected chi connectivity index (χ0v) is 13.5. The van der Waals surface area contributed by atoms with Gasteiger partial charge < -0.3 is 11.5 Å². The predicted octanol–water partition coefficient (Wildman–Crippen LogP) is 2.67. The van der Waals surface area contributed by atoms with Crippen LogP contribution in [0.5, 0.6) is 0 Å². The Kier molecular flexibility index (Phi) is 4.32. The molecule has 4 N–H and O–H groups in total. The van der Waals surface area contributed by atoms with Crippen molar-refractivity contribution in [2.75, 3.05) is 0 Å². The molecule has 0 fully saturated rings. The number of nitrogens with zero attached hydrogens (tertiary/aromatic N) is 3. The van der Waals surface area contributed by atoms with E-state index < -0.39 is 5.66 Å². The Balaban J connectivity index is 2.21. The van der Waals surface area contributed by atoms with Gasteiger partial charge in [0.05, 0.1) is 10.0 Å². The number of benzene rings is 1. The Morgan fingerprint density at radius 2 is 1.90 bits per heavy atom. The molecule has 0 radical (unpaired) electrons. The maximum Gasteiger partial charge on any atom is 0.226 e. The third kappa shape index (κ3) is 3.40. The molecular formula is C13H17Cl2N5O. The van der Waals surface area contributed by atoms with Crippen molar-refractivity contribution >= 4 is 35.1 Å². The number of hydrogen-bond acceptors (Lipinski definition) is 6. The zero-order valence-electron chi connectivity index (χ0n) is 12.0. The van der Waals surface area contributed by atoms with Crippen molar-refractivity contribution in [3.8, 4) is 0 Å². The summed E-state index contributed by atoms with van der Waals surface area (Å²) in [6.07, 6.45) is -0.317. The van der Waals surface area contributed by atoms with Crippen LogP contribution in [0, 0.1) is 0 Å². The molecule has 1 aliphatic rings. The summed E-state index contributed by atoms with van der Waals surface area (Å²) in [5.74, 6) is 0.277. The van der Waals surface area contributed by atoms with Gasteiger partial charge in [-0.15, -0.1) is 0 Å². The molecule has 0 amide bonds. The standard InChI is InChI=1S/C13H17Cl2N5O/c1-7(8-4-5-9(14)10(15)6-8)21-20-12(17)18-11(16)19-13(20,2)3/h4-7H,1-3H3,(H4,16,17,18,19). The molecule has 1 aromatic carbocycles. The first kappa shape index (κ1) is 15.9. The van der Waals surface area contributed by atoms with E-state index in [4.69, 9.17) is 39.5 Å². The lowest BCUT2D eigenvalue weighted by molar-refractivity contribution is -0.191. The van der Waals surface area contributed by atoms with Crippen LogP contribution in [0.25, 0.3) is 0 Å². The van der Waals surface area contributed by atoms with Crippen molar-refractivity contribution in [2.45, 2.75) is 32.5 Å². The van der Waals surface area contributed by atoms with Crippen LogP contribution in [-0.2, 0) is 4.84 Å². The van der Waals surface area contributed by atoms with Crippen molar-refractivity contribution in [3.05, 3.63) is 33.8 Å². The third-order valence-electron chi connectivity index (χ3n) is 3.00. The average Bonchev–Trinajstić information content (AvgIpc) is 2.36. The summed E-state index contributed by atoms with van der Waals surface area (Å²) in [6.45, 7) is 5.51. The van der Waals surface area contributed by atoms with Crippen molar-refractivity contribution in [1.82, 2.24) is 5.06 Å². The number of nitrogens with two attached hydrogens (primary N) is 2. The van der Waals surface area contributed by atoms with Crippen LogP contribution in [0.2, 0.25) is 10.0 Å². The largest absolute Gasteiger partial charge is 0.368 e. The van der Waals surface area contributed by atoms with Crippen LogP contribution in [0.1, 0.15) is 32.4 Å². The van der Waals surface area contributed by atoms with E-state index in [0.29, 0.717) is 10.0 Å². The molecule has 1 atom stereocenters. The lowest BCUT2D eigenvalue weighted by atomic mass is 10.1. The van der Waals surface area contributed by atoms with Gasteiger partial charge in [0.1, 0.15) is 6.10 Å². The summed E-state index contributed by atoms with van der Waals surface area (Å²) in [6, 6.07) is 5.30. The minimum atomic E-state index is -0.750. The Morgan fingerprint density at radius 3 is 2.48 bits per heavy atom. The Bertz CT molecular complexity index is 615. The fraction of sp³-hybridized carbons (Fsp3) is 0.385. The summed E-state index contributed by atoms with van der Waals surface area (Å²) >= 11 is 11.9. The third-order valence-corrected chi connectivity index (χ3v) is 3.74. The zero-order chi connectivity index (χ0) is 15.8. The van der Waals surface area contributed by atoms with E-state index in [2.05, 4.69) is 9.98 Å². The molecule has 1 aliphatic heterocycles. The molecular weight excluding hydrogens is 313 g/mol. The van der Waals surface area contributed by atoms with Gasteiger partial charge in [-0.05, 0) is 38.5 Å². The van der Waals surface area contributed by atoms with E-state index in [1.165, 1.54) is 5.06 Å². The van der Waals surface area contributed by atoms with Crippen LogP contribution < -0.4 is 11.5 Å². The van der Waals surface area contributed by atoms with E-state index in [1.54, 1.807) is 12.1 Å². The summed E-state index contributed by atoms with van der Waals surface area (Å²) in [5, 5.41) is 2.38. The highest BCUT2D eigenvalue weighted by molar-refractivity contribution is 6.42. The van der Waals surface area contributed by atoms with Gasteiger partial charge in [0.25, 0.3) is 0 Å². The van der Waals surface area contributed by atoms with Crippen LogP contribution in [0.3, 0.4) is 0 Å². The fourth-order valence-corrected chi connectivity index (χ4v) is 2.27. The first-order valence-corrected chi connectivity index (χ1v) is 7.08. The fourth-order valence-electron chi connectivity index (χ4n) is 1.96. The van der Waals surface area contributed by atoms with E-state index in [1.807, 2.05) is 26.8 Å². The number of hydroxylamine groups is 2. The molecule has 0 bridgehead atoms. The van der Waals surface area contributed by atoms with Gasteiger partial charge in [0.2, 0.25) is 11.9 Å². The van der Waals surface area contributed by atoms with E-state index in [0.717, 1.165) is 5.56 Å². The molecule has 1 unspecified atom stereocenters. The summed E-state index contributed by atoms with van der Waals surface area (Å²) in [4.78, 5) is 14.0. The topological polar surface area (TPSA) is 89.2 Å². The molecule has 0 saturated heterocycles. The lowest BCUT2D eigenvalue weighted by Crippen LogP contribution is -2.53. The van der Waals surface area contributed by atoms with Crippen LogP contribution >= 0.6 is 23.2 Å². The summed E-state index contributed by atoms with van der Waals surface area (Å²) < 4.78 is 0. The monoisotopic (exact) mass is 329 g/mol. The molecule has 1 heterocycles. The molecule has 21 heavy (non-hydrogen) atoms. The molecule has 0 saturated carbocycles. The number of guanidine groups is 2. The molecule has 1 aromatic rings. The quantitative estimate of drug-likeness (QED) is 0.892. The molecule has 0 spiro atoms. The van der Waals surface area contributed by atoms with Crippen LogP contribution in [-0.4, -0.2) is 22.6 Å². The Hall–Kier alpha value is -1.50. The highest BCUT2D eigenvalue weighted by atomic mass is 35.5. The number of aliphatic imine (C=N–C) groups is 2. The van der Waals surface area contributed by atoms with Gasteiger partial charge in [-0.3, -0.25) is 4.84 Å². The lowest BCUT2D eigenvalue weighted by Gasteiger charge is -2.38. The minimum absolute atomic E-state index is 0.125. The number of hydrogen-bond donors (Lipinski definition) is 2. The van der Waals surface area contributed by atoms with E-state index in [9.17, 15) is 0 Å². The van der Waals surface area contributed by atoms with Gasteiger partial charge in [-0.2, -0.15) is 10.1 Å². The SMILES string of the molecule is CC(ON1C(N)=NC(N)=NC1(C)C)c1ccc(Cl)c(Cl)c1. The Morgan fingerprint density at radius 1 is 1.24 bits per heavy atom. The van der Waals surface area contributed by atoms with Gasteiger partial charge in [0.15, 0.2) is 5.66 Å². The molecule has 0 aromatic heterocycles. The number of rotatable bonds is 3. The number of halogens is 2. The highest BCUT2D eigenvalue weighted by Gasteiger charge is 2.34. The average molecular weight is 330 g/mol. The second kappa shape index (κ2) is 5.71. The second-order valence-electron chi connectivity index (χ2n) is 5.15. The van der Waals surface area contributed by atoms with Crippen molar-refractivity contribution in [2.24, 2.45) is 21.5 Å². The van der Waals surface area contributed by atoms with Crippen LogP contribution in [0.4, 0.5) is 0 Å². The van der Waals surface area contributed by atoms with E-state index >= 15 is 0 Å². The first-order chi connectivity index (χ1) is 9.70. The Labute approximate surface area is 133 Å². The normalized spacial score (nSPS) is 19.0. The predicted molar refractivity (Wildman–Crippen MR) is 85.1 cm³/mol. The smallest absolute Gasteiger partial charge is 0.226 e. The summed E-state index contributed by atoms with van der Waals surface area (Å²) in [5.41, 5.74) is 11.6. The first-order valence-electron chi connectivity index (χ1n) is 6.32. The van der Waals surface area contributed by atoms with Gasteiger partial charge in [-0.1, -0.05) is 29.3 Å². The maximum absolute atomic E-state index is 6.02. The molecule has 2 rings (SSSR count). The van der Waals surface area contributed by atoms with Crippen molar-refractivity contribution in [1.29, 1.82) is 0 Å². The van der Waals surface area contributed by atoms with Crippen molar-refractivity contribution < 1.29 is 4.84 Å². The van der Waals surface area contributed by atoms with Gasteiger partial charge in [0, 0.05) is 0 Å². The van der Waals surface area contributed by atoms with E-state index in [-0.39, 0.29) is 18.0 Å². The minimum Gasteiger partial charge on any atom is -0.368 e. The molecule has 0 aliphatic carbocycles. The molecule has 114 valence electrons. The molecule has 8 heteroatoms.